The van der Waals surface area contributed by atoms with E-state index < -0.39 is 17.4 Å². The van der Waals surface area contributed by atoms with E-state index in [1.807, 2.05) is 43.3 Å². The number of carbonyl (C=O) groups excluding carboxylic acids is 1. The molecule has 2 heterocycles. The number of carboxylic acid groups (broad SMARTS) is 1. The first-order chi connectivity index (χ1) is 12.3. The van der Waals surface area contributed by atoms with Crippen molar-refractivity contribution in [3.05, 3.63) is 53.3 Å². The van der Waals surface area contributed by atoms with Crippen LogP contribution in [0.5, 0.6) is 0 Å². The van der Waals surface area contributed by atoms with Crippen LogP contribution in [0.1, 0.15) is 36.3 Å². The molecule has 0 spiro atoms. The maximum absolute atomic E-state index is 12.9. The van der Waals surface area contributed by atoms with Crippen molar-refractivity contribution < 1.29 is 14.7 Å². The number of nitrogens with zero attached hydrogens (tertiary/aromatic N) is 2. The van der Waals surface area contributed by atoms with Crippen LogP contribution in [0.4, 0.5) is 0 Å². The Hall–Kier alpha value is -2.67. The van der Waals surface area contributed by atoms with Crippen LogP contribution in [0.3, 0.4) is 0 Å². The Balaban J connectivity index is 1.84. The Morgan fingerprint density at radius 1 is 1.38 bits per heavy atom. The molecular weight excluding hydrogens is 332 g/mol. The van der Waals surface area contributed by atoms with Gasteiger partial charge in [0.15, 0.2) is 0 Å². The summed E-state index contributed by atoms with van der Waals surface area (Å²) in [5.74, 6) is -1.53. The zero-order chi connectivity index (χ0) is 18.9. The molecule has 26 heavy (non-hydrogen) atoms. The SMILES string of the molecule is Cc1cc(CNC(=O)[C@H]2C[C@@](C)(C(=O)O)N(C)[C@H]2c2ccccc2)n[nH]1. The van der Waals surface area contributed by atoms with Gasteiger partial charge in [0.25, 0.3) is 0 Å². The number of benzene rings is 1. The molecule has 2 aromatic rings. The van der Waals surface area contributed by atoms with E-state index in [-0.39, 0.29) is 18.4 Å². The highest BCUT2D eigenvalue weighted by molar-refractivity contribution is 5.85. The molecule has 3 rings (SSSR count). The molecular formula is C19H24N4O3. The number of H-pyrrole nitrogens is 1. The molecule has 138 valence electrons. The van der Waals surface area contributed by atoms with Crippen LogP contribution in [-0.2, 0) is 16.1 Å². The average Bonchev–Trinajstić information content (AvgIpc) is 3.16. The van der Waals surface area contributed by atoms with Crippen molar-refractivity contribution in [3.8, 4) is 0 Å². The van der Waals surface area contributed by atoms with Crippen molar-refractivity contribution in [2.24, 2.45) is 5.92 Å². The van der Waals surface area contributed by atoms with Crippen molar-refractivity contribution in [1.29, 1.82) is 0 Å². The number of rotatable bonds is 5. The third-order valence-electron chi connectivity index (χ3n) is 5.34. The quantitative estimate of drug-likeness (QED) is 0.760. The second-order valence-electron chi connectivity index (χ2n) is 7.12. The molecule has 7 nitrogen and oxygen atoms in total. The molecule has 1 aliphatic heterocycles. The molecule has 7 heteroatoms. The molecule has 0 bridgehead atoms. The zero-order valence-electron chi connectivity index (χ0n) is 15.2. The van der Waals surface area contributed by atoms with Crippen LogP contribution in [0.2, 0.25) is 0 Å². The average molecular weight is 356 g/mol. The first-order valence-electron chi connectivity index (χ1n) is 8.63. The lowest BCUT2D eigenvalue weighted by Crippen LogP contribution is -2.46. The van der Waals surface area contributed by atoms with Gasteiger partial charge < -0.3 is 10.4 Å². The van der Waals surface area contributed by atoms with Gasteiger partial charge in [-0.2, -0.15) is 5.10 Å². The molecule has 3 atom stereocenters. The number of nitrogens with one attached hydrogen (secondary N) is 2. The fourth-order valence-corrected chi connectivity index (χ4v) is 3.71. The number of aliphatic carboxylic acids is 1. The van der Waals surface area contributed by atoms with Gasteiger partial charge in [-0.15, -0.1) is 0 Å². The van der Waals surface area contributed by atoms with Crippen molar-refractivity contribution in [3.63, 3.8) is 0 Å². The predicted molar refractivity (Wildman–Crippen MR) is 96.3 cm³/mol. The molecule has 1 fully saturated rings. The normalized spacial score (nSPS) is 26.0. The summed E-state index contributed by atoms with van der Waals surface area (Å²) in [7, 11) is 1.77. The van der Waals surface area contributed by atoms with Gasteiger partial charge in [-0.3, -0.25) is 19.6 Å². The summed E-state index contributed by atoms with van der Waals surface area (Å²) in [5, 5.41) is 19.6. The Morgan fingerprint density at radius 3 is 2.65 bits per heavy atom. The van der Waals surface area contributed by atoms with E-state index in [9.17, 15) is 14.7 Å². The number of hydrogen-bond donors (Lipinski definition) is 3. The van der Waals surface area contributed by atoms with Crippen molar-refractivity contribution >= 4 is 11.9 Å². The Morgan fingerprint density at radius 2 is 2.08 bits per heavy atom. The van der Waals surface area contributed by atoms with Gasteiger partial charge in [0, 0.05) is 11.7 Å². The van der Waals surface area contributed by atoms with Gasteiger partial charge in [0.2, 0.25) is 5.91 Å². The van der Waals surface area contributed by atoms with E-state index in [1.54, 1.807) is 18.9 Å². The second-order valence-corrected chi connectivity index (χ2v) is 7.12. The molecule has 1 aromatic carbocycles. The minimum absolute atomic E-state index is 0.156. The summed E-state index contributed by atoms with van der Waals surface area (Å²) in [6.07, 6.45) is 0.254. The summed E-state index contributed by atoms with van der Waals surface area (Å²) in [5.41, 5.74) is 1.52. The summed E-state index contributed by atoms with van der Waals surface area (Å²) in [6.45, 7) is 3.89. The Bertz CT molecular complexity index is 804. The predicted octanol–water partition coefficient (Wildman–Crippen LogP) is 1.87. The highest BCUT2D eigenvalue weighted by Gasteiger charge is 2.54. The van der Waals surface area contributed by atoms with Crippen LogP contribution < -0.4 is 5.32 Å². The van der Waals surface area contributed by atoms with Crippen LogP contribution in [0, 0.1) is 12.8 Å². The highest BCUT2D eigenvalue weighted by Crippen LogP contribution is 2.45. The van der Waals surface area contributed by atoms with Gasteiger partial charge in [-0.1, -0.05) is 30.3 Å². The van der Waals surface area contributed by atoms with Crippen molar-refractivity contribution in [1.82, 2.24) is 20.4 Å². The van der Waals surface area contributed by atoms with Crippen molar-refractivity contribution in [2.75, 3.05) is 7.05 Å². The number of aryl methyl sites for hydroxylation is 1. The molecule has 1 saturated heterocycles. The number of aromatic nitrogens is 2. The minimum Gasteiger partial charge on any atom is -0.480 e. The standard InChI is InChI=1S/C19H24N4O3/c1-12-9-14(22-21-12)11-20-17(24)15-10-19(2,18(25)26)23(3)16(15)13-7-5-4-6-8-13/h4-9,15-16H,10-11H2,1-3H3,(H,20,24)(H,21,22)(H,25,26)/t15-,16-,19-/m0/s1. The molecule has 3 N–H and O–H groups in total. The van der Waals surface area contributed by atoms with Crippen LogP contribution in [0.15, 0.2) is 36.4 Å². The summed E-state index contributed by atoms with van der Waals surface area (Å²) < 4.78 is 0. The van der Waals surface area contributed by atoms with Gasteiger partial charge >= 0.3 is 5.97 Å². The number of likely N-dealkylation sites (tertiary alicyclic amines) is 1. The number of likely N-dealkylation sites (N-methyl/N-ethyl adjacent to an activating group) is 1. The molecule has 0 radical (unpaired) electrons. The minimum atomic E-state index is -1.09. The lowest BCUT2D eigenvalue weighted by molar-refractivity contribution is -0.148. The molecule has 1 aliphatic rings. The number of hydrogen-bond acceptors (Lipinski definition) is 4. The maximum atomic E-state index is 12.9. The summed E-state index contributed by atoms with van der Waals surface area (Å²) >= 11 is 0. The fourth-order valence-electron chi connectivity index (χ4n) is 3.71. The molecule has 1 amide bonds. The number of carboxylic acids is 1. The lowest BCUT2D eigenvalue weighted by Gasteiger charge is -2.32. The van der Waals surface area contributed by atoms with E-state index in [0.717, 1.165) is 17.0 Å². The van der Waals surface area contributed by atoms with Crippen LogP contribution >= 0.6 is 0 Å². The fraction of sp³-hybridized carbons (Fsp3) is 0.421. The highest BCUT2D eigenvalue weighted by atomic mass is 16.4. The largest absolute Gasteiger partial charge is 0.480 e. The topological polar surface area (TPSA) is 98.3 Å². The number of aromatic amines is 1. The Kier molecular flexibility index (Phi) is 4.82. The van der Waals surface area contributed by atoms with E-state index in [2.05, 4.69) is 15.5 Å². The van der Waals surface area contributed by atoms with Crippen LogP contribution in [-0.4, -0.2) is 44.7 Å². The van der Waals surface area contributed by atoms with Gasteiger partial charge in [-0.25, -0.2) is 0 Å². The van der Waals surface area contributed by atoms with Crippen LogP contribution in [0.25, 0.3) is 0 Å². The van der Waals surface area contributed by atoms with Gasteiger partial charge in [0.05, 0.1) is 18.2 Å². The summed E-state index contributed by atoms with van der Waals surface area (Å²) in [6, 6.07) is 11.2. The van der Waals surface area contributed by atoms with E-state index >= 15 is 0 Å². The van der Waals surface area contributed by atoms with E-state index in [4.69, 9.17) is 0 Å². The van der Waals surface area contributed by atoms with E-state index in [1.165, 1.54) is 0 Å². The second kappa shape index (κ2) is 6.92. The molecule has 1 aromatic heterocycles. The first-order valence-corrected chi connectivity index (χ1v) is 8.63. The third kappa shape index (κ3) is 3.22. The number of carbonyl (C=O) groups is 2. The maximum Gasteiger partial charge on any atom is 0.323 e. The van der Waals surface area contributed by atoms with Gasteiger partial charge in [-0.05, 0) is 38.9 Å². The zero-order valence-corrected chi connectivity index (χ0v) is 15.2. The third-order valence-corrected chi connectivity index (χ3v) is 5.34. The molecule has 0 saturated carbocycles. The van der Waals surface area contributed by atoms with Crippen molar-refractivity contribution in [2.45, 2.75) is 38.4 Å². The monoisotopic (exact) mass is 356 g/mol. The smallest absolute Gasteiger partial charge is 0.323 e. The Labute approximate surface area is 152 Å². The molecule has 0 aliphatic carbocycles. The molecule has 0 unspecified atom stereocenters. The first kappa shape index (κ1) is 18.1. The van der Waals surface area contributed by atoms with E-state index in [0.29, 0.717) is 6.54 Å². The summed E-state index contributed by atoms with van der Waals surface area (Å²) in [4.78, 5) is 26.6. The van der Waals surface area contributed by atoms with Gasteiger partial charge in [0.1, 0.15) is 5.54 Å². The number of amides is 1. The lowest BCUT2D eigenvalue weighted by atomic mass is 9.89.